The van der Waals surface area contributed by atoms with Gasteiger partial charge in [0.15, 0.2) is 0 Å². The number of hydrogen-bond donors (Lipinski definition) is 1. The number of aliphatic carboxylic acids is 1. The Kier molecular flexibility index (Phi) is 4.45. The number of likely N-dealkylation sites (tertiary alicyclic amines) is 1. The zero-order chi connectivity index (χ0) is 16.4. The molecule has 1 aromatic heterocycles. The van der Waals surface area contributed by atoms with Gasteiger partial charge in [-0.15, -0.1) is 0 Å². The van der Waals surface area contributed by atoms with Crippen molar-refractivity contribution in [2.24, 2.45) is 5.92 Å². The van der Waals surface area contributed by atoms with Gasteiger partial charge in [0.25, 0.3) is 5.56 Å². The molecule has 0 saturated carbocycles. The standard InChI is InChI=1S/C16H21N3O4/c20-14-8-11-4-1-2-6-13(11)17-19(14)10-15(21)18-7-3-5-12(9-18)16(22)23/h8,12H,1-7,9-10H2,(H,22,23)/t12-/m1/s1. The second kappa shape index (κ2) is 6.52. The SMILES string of the molecule is O=C(O)[C@@H]1CCCN(C(=O)Cn2nc3c(cc2=O)CCCC3)C1. The van der Waals surface area contributed by atoms with E-state index in [0.29, 0.717) is 19.4 Å². The van der Waals surface area contributed by atoms with Gasteiger partial charge in [-0.3, -0.25) is 14.4 Å². The molecule has 1 amide bonds. The van der Waals surface area contributed by atoms with Crippen LogP contribution in [0.1, 0.15) is 36.9 Å². The smallest absolute Gasteiger partial charge is 0.308 e. The number of aromatic nitrogens is 2. The molecule has 1 fully saturated rings. The number of carboxylic acid groups (broad SMARTS) is 1. The van der Waals surface area contributed by atoms with Crippen LogP contribution in [0.4, 0.5) is 0 Å². The van der Waals surface area contributed by atoms with E-state index in [2.05, 4.69) is 5.10 Å². The van der Waals surface area contributed by atoms with E-state index in [9.17, 15) is 14.4 Å². The van der Waals surface area contributed by atoms with Crippen LogP contribution < -0.4 is 5.56 Å². The zero-order valence-electron chi connectivity index (χ0n) is 13.0. The number of rotatable bonds is 3. The molecule has 23 heavy (non-hydrogen) atoms. The van der Waals surface area contributed by atoms with Gasteiger partial charge in [-0.2, -0.15) is 5.10 Å². The van der Waals surface area contributed by atoms with Crippen molar-refractivity contribution in [1.82, 2.24) is 14.7 Å². The molecule has 1 aromatic rings. The number of amides is 1. The number of hydrogen-bond acceptors (Lipinski definition) is 4. The Morgan fingerprint density at radius 3 is 2.83 bits per heavy atom. The highest BCUT2D eigenvalue weighted by molar-refractivity contribution is 5.77. The van der Waals surface area contributed by atoms with Crippen molar-refractivity contribution in [3.05, 3.63) is 27.7 Å². The molecule has 124 valence electrons. The molecule has 0 spiro atoms. The maximum atomic E-state index is 12.4. The van der Waals surface area contributed by atoms with Crippen LogP contribution in [0, 0.1) is 5.92 Å². The zero-order valence-corrected chi connectivity index (χ0v) is 13.0. The van der Waals surface area contributed by atoms with Crippen molar-refractivity contribution in [3.8, 4) is 0 Å². The van der Waals surface area contributed by atoms with Gasteiger partial charge in [-0.05, 0) is 44.1 Å². The Morgan fingerprint density at radius 2 is 2.04 bits per heavy atom. The molecule has 3 rings (SSSR count). The van der Waals surface area contributed by atoms with Gasteiger partial charge in [-0.1, -0.05) is 0 Å². The summed E-state index contributed by atoms with van der Waals surface area (Å²) < 4.78 is 1.22. The summed E-state index contributed by atoms with van der Waals surface area (Å²) in [4.78, 5) is 37.1. The normalized spacial score (nSPS) is 20.9. The number of carbonyl (C=O) groups excluding carboxylic acids is 1. The second-order valence-electron chi connectivity index (χ2n) is 6.34. The molecule has 7 heteroatoms. The Balaban J connectivity index is 1.72. The number of piperidine rings is 1. The first kappa shape index (κ1) is 15.7. The molecule has 1 aliphatic heterocycles. The predicted molar refractivity (Wildman–Crippen MR) is 82.1 cm³/mol. The van der Waals surface area contributed by atoms with Gasteiger partial charge < -0.3 is 10.0 Å². The fourth-order valence-corrected chi connectivity index (χ4v) is 3.35. The monoisotopic (exact) mass is 319 g/mol. The molecule has 0 bridgehead atoms. The molecule has 1 aliphatic carbocycles. The van der Waals surface area contributed by atoms with Gasteiger partial charge in [-0.25, -0.2) is 4.68 Å². The summed E-state index contributed by atoms with van der Waals surface area (Å²) in [5.74, 6) is -1.62. The summed E-state index contributed by atoms with van der Waals surface area (Å²) in [5, 5.41) is 13.4. The summed E-state index contributed by atoms with van der Waals surface area (Å²) in [6.45, 7) is 0.647. The van der Waals surface area contributed by atoms with Crippen molar-refractivity contribution >= 4 is 11.9 Å². The Morgan fingerprint density at radius 1 is 1.26 bits per heavy atom. The largest absolute Gasteiger partial charge is 0.481 e. The Labute approximate surface area is 133 Å². The third-order valence-electron chi connectivity index (χ3n) is 4.68. The quantitative estimate of drug-likeness (QED) is 0.873. The van der Waals surface area contributed by atoms with Crippen molar-refractivity contribution in [1.29, 1.82) is 0 Å². The van der Waals surface area contributed by atoms with Crippen LogP contribution in [-0.2, 0) is 29.0 Å². The van der Waals surface area contributed by atoms with Gasteiger partial charge in [0, 0.05) is 19.2 Å². The summed E-state index contributed by atoms with van der Waals surface area (Å²) in [6.07, 6.45) is 5.11. The van der Waals surface area contributed by atoms with E-state index in [1.54, 1.807) is 6.07 Å². The summed E-state index contributed by atoms with van der Waals surface area (Å²) >= 11 is 0. The summed E-state index contributed by atoms with van der Waals surface area (Å²) in [7, 11) is 0. The van der Waals surface area contributed by atoms with Crippen LogP contribution in [0.2, 0.25) is 0 Å². The van der Waals surface area contributed by atoms with Crippen molar-refractivity contribution in [2.45, 2.75) is 45.1 Å². The van der Waals surface area contributed by atoms with Crippen LogP contribution in [0.15, 0.2) is 10.9 Å². The molecular weight excluding hydrogens is 298 g/mol. The average molecular weight is 319 g/mol. The van der Waals surface area contributed by atoms with Gasteiger partial charge in [0.05, 0.1) is 11.6 Å². The van der Waals surface area contributed by atoms with E-state index in [-0.39, 0.29) is 24.6 Å². The first-order valence-corrected chi connectivity index (χ1v) is 8.15. The fourth-order valence-electron chi connectivity index (χ4n) is 3.35. The summed E-state index contributed by atoms with van der Waals surface area (Å²) in [6, 6.07) is 1.59. The topological polar surface area (TPSA) is 92.5 Å². The average Bonchev–Trinajstić information content (AvgIpc) is 2.55. The molecule has 0 unspecified atom stereocenters. The lowest BCUT2D eigenvalue weighted by Gasteiger charge is -2.30. The van der Waals surface area contributed by atoms with E-state index in [1.165, 1.54) is 9.58 Å². The minimum absolute atomic E-state index is 0.113. The predicted octanol–water partition coefficient (Wildman–Crippen LogP) is 0.445. The maximum absolute atomic E-state index is 12.4. The molecule has 7 nitrogen and oxygen atoms in total. The van der Waals surface area contributed by atoms with Crippen LogP contribution >= 0.6 is 0 Å². The van der Waals surface area contributed by atoms with E-state index in [0.717, 1.165) is 36.9 Å². The van der Waals surface area contributed by atoms with E-state index in [1.807, 2.05) is 0 Å². The molecular formula is C16H21N3O4. The number of fused-ring (bicyclic) bond motifs is 1. The van der Waals surface area contributed by atoms with Gasteiger partial charge in [0.2, 0.25) is 5.91 Å². The second-order valence-corrected chi connectivity index (χ2v) is 6.34. The van der Waals surface area contributed by atoms with Crippen LogP contribution in [0.5, 0.6) is 0 Å². The first-order chi connectivity index (χ1) is 11.0. The molecule has 1 atom stereocenters. The Hall–Kier alpha value is -2.18. The molecule has 2 heterocycles. The number of carbonyl (C=O) groups is 2. The highest BCUT2D eigenvalue weighted by Crippen LogP contribution is 2.18. The van der Waals surface area contributed by atoms with Crippen molar-refractivity contribution < 1.29 is 14.7 Å². The summed E-state index contributed by atoms with van der Waals surface area (Å²) in [5.41, 5.74) is 1.64. The van der Waals surface area contributed by atoms with Crippen molar-refractivity contribution in [2.75, 3.05) is 13.1 Å². The van der Waals surface area contributed by atoms with E-state index < -0.39 is 11.9 Å². The molecule has 2 aliphatic rings. The lowest BCUT2D eigenvalue weighted by molar-refractivity contribution is -0.145. The molecule has 0 radical (unpaired) electrons. The maximum Gasteiger partial charge on any atom is 0.308 e. The lowest BCUT2D eigenvalue weighted by atomic mass is 9.97. The minimum Gasteiger partial charge on any atom is -0.481 e. The van der Waals surface area contributed by atoms with E-state index >= 15 is 0 Å². The molecule has 0 aromatic carbocycles. The van der Waals surface area contributed by atoms with Crippen LogP contribution in [0.3, 0.4) is 0 Å². The minimum atomic E-state index is -0.869. The number of carboxylic acids is 1. The van der Waals surface area contributed by atoms with Crippen LogP contribution in [-0.4, -0.2) is 44.8 Å². The first-order valence-electron chi connectivity index (χ1n) is 8.15. The third-order valence-corrected chi connectivity index (χ3v) is 4.68. The van der Waals surface area contributed by atoms with E-state index in [4.69, 9.17) is 5.11 Å². The Bertz CT molecular complexity index is 682. The lowest BCUT2D eigenvalue weighted by Crippen LogP contribution is -2.45. The number of aryl methyl sites for hydroxylation is 2. The van der Waals surface area contributed by atoms with Crippen LogP contribution in [0.25, 0.3) is 0 Å². The highest BCUT2D eigenvalue weighted by atomic mass is 16.4. The number of nitrogens with zero attached hydrogens (tertiary/aromatic N) is 3. The fraction of sp³-hybridized carbons (Fsp3) is 0.625. The highest BCUT2D eigenvalue weighted by Gasteiger charge is 2.28. The third kappa shape index (κ3) is 3.43. The molecule has 1 N–H and O–H groups in total. The van der Waals surface area contributed by atoms with Gasteiger partial charge >= 0.3 is 5.97 Å². The van der Waals surface area contributed by atoms with Crippen molar-refractivity contribution in [3.63, 3.8) is 0 Å². The molecule has 1 saturated heterocycles. The van der Waals surface area contributed by atoms with Gasteiger partial charge in [0.1, 0.15) is 6.54 Å².